The van der Waals surface area contributed by atoms with Gasteiger partial charge in [0.2, 0.25) is 0 Å². The molecule has 3 rings (SSSR count). The molecule has 5 nitrogen and oxygen atoms in total. The smallest absolute Gasteiger partial charge is 0.317 e. The molecular weight excluding hydrogens is 436 g/mol. The van der Waals surface area contributed by atoms with Crippen LogP contribution in [-0.4, -0.2) is 28.0 Å². The molecule has 0 spiro atoms. The fraction of sp³-hybridized carbons (Fsp3) is 0.348. The molecule has 0 heterocycles. The lowest BCUT2D eigenvalue weighted by Crippen LogP contribution is -2.34. The first-order valence-electron chi connectivity index (χ1n) is 9.31. The molecule has 29 heavy (non-hydrogen) atoms. The Balaban J connectivity index is 1.95. The molecule has 1 aliphatic carbocycles. The van der Waals surface area contributed by atoms with E-state index in [0.29, 0.717) is 12.0 Å². The molecule has 2 aromatic carbocycles. The monoisotopic (exact) mass is 458 g/mol. The maximum absolute atomic E-state index is 12.9. The number of hydrogen-bond donors (Lipinski definition) is 1. The molecule has 0 atom stereocenters. The lowest BCUT2D eigenvalue weighted by molar-refractivity contribution is -0.145. The Morgan fingerprint density at radius 3 is 2.14 bits per heavy atom. The molecule has 0 unspecified atom stereocenters. The van der Waals surface area contributed by atoms with Gasteiger partial charge in [0, 0.05) is 22.0 Å². The van der Waals surface area contributed by atoms with Gasteiger partial charge in [-0.1, -0.05) is 54.0 Å². The number of phenolic OH excluding ortho intramolecular Hbond substituents is 1. The quantitative estimate of drug-likeness (QED) is 0.333. The second-order valence-electron chi connectivity index (χ2n) is 8.79. The standard InChI is InChI=1S/C23H23BrO5/c1-22(2,12-24)11-23(3,4)21(28)29-16-10-9-15-17(20(16)27)19(26)14-8-6-5-7-13(14)18(15)25/h5-10,27H,11-12H2,1-4H3. The summed E-state index contributed by atoms with van der Waals surface area (Å²) in [5, 5.41) is 11.4. The first-order valence-corrected chi connectivity index (χ1v) is 10.4. The van der Waals surface area contributed by atoms with E-state index in [2.05, 4.69) is 15.9 Å². The number of phenols is 1. The summed E-state index contributed by atoms with van der Waals surface area (Å²) < 4.78 is 5.47. The third-order valence-electron chi connectivity index (χ3n) is 5.07. The van der Waals surface area contributed by atoms with Gasteiger partial charge in [-0.05, 0) is 37.8 Å². The Morgan fingerprint density at radius 2 is 1.55 bits per heavy atom. The highest BCUT2D eigenvalue weighted by molar-refractivity contribution is 9.09. The maximum Gasteiger partial charge on any atom is 0.317 e. The second-order valence-corrected chi connectivity index (χ2v) is 9.35. The number of halogens is 1. The van der Waals surface area contributed by atoms with Crippen molar-refractivity contribution in [2.45, 2.75) is 34.1 Å². The number of fused-ring (bicyclic) bond motifs is 2. The van der Waals surface area contributed by atoms with E-state index >= 15 is 0 Å². The molecule has 2 aromatic rings. The Hall–Kier alpha value is -2.47. The Bertz CT molecular complexity index is 1020. The maximum atomic E-state index is 12.9. The highest BCUT2D eigenvalue weighted by Gasteiger charge is 2.38. The number of carbonyl (C=O) groups is 3. The first-order chi connectivity index (χ1) is 13.5. The fourth-order valence-corrected chi connectivity index (χ4v) is 3.98. The molecule has 6 heteroatoms. The van der Waals surface area contributed by atoms with Crippen molar-refractivity contribution in [2.24, 2.45) is 10.8 Å². The molecule has 0 saturated heterocycles. The largest absolute Gasteiger partial charge is 0.504 e. The van der Waals surface area contributed by atoms with Crippen molar-refractivity contribution in [1.82, 2.24) is 0 Å². The SMILES string of the molecule is CC(C)(CBr)CC(C)(C)C(=O)Oc1ccc2c(c1O)C(=O)c1ccccc1C2=O. The molecular formula is C23H23BrO5. The number of esters is 1. The van der Waals surface area contributed by atoms with Crippen LogP contribution in [0.3, 0.4) is 0 Å². The minimum Gasteiger partial charge on any atom is -0.504 e. The summed E-state index contributed by atoms with van der Waals surface area (Å²) in [6, 6.07) is 9.24. The molecule has 0 aromatic heterocycles. The molecule has 0 bridgehead atoms. The summed E-state index contributed by atoms with van der Waals surface area (Å²) in [7, 11) is 0. The third-order valence-corrected chi connectivity index (χ3v) is 6.58. The van der Waals surface area contributed by atoms with Crippen LogP contribution in [0.25, 0.3) is 0 Å². The molecule has 1 aliphatic rings. The van der Waals surface area contributed by atoms with Crippen molar-refractivity contribution in [3.05, 3.63) is 58.7 Å². The first kappa shape index (κ1) is 21.2. The lowest BCUT2D eigenvalue weighted by atomic mass is 9.76. The van der Waals surface area contributed by atoms with Crippen LogP contribution in [0.1, 0.15) is 66.0 Å². The molecule has 1 N–H and O–H groups in total. The van der Waals surface area contributed by atoms with E-state index in [1.54, 1.807) is 38.1 Å². The van der Waals surface area contributed by atoms with Crippen molar-refractivity contribution in [1.29, 1.82) is 0 Å². The summed E-state index contributed by atoms with van der Waals surface area (Å²) in [6.07, 6.45) is 0.556. The zero-order chi connectivity index (χ0) is 21.6. The number of aromatic hydroxyl groups is 1. The van der Waals surface area contributed by atoms with Gasteiger partial charge in [-0.2, -0.15) is 0 Å². The number of hydrogen-bond acceptors (Lipinski definition) is 5. The highest BCUT2D eigenvalue weighted by Crippen LogP contribution is 2.41. The second kappa shape index (κ2) is 7.41. The molecule has 0 saturated carbocycles. The zero-order valence-corrected chi connectivity index (χ0v) is 18.4. The van der Waals surface area contributed by atoms with Crippen LogP contribution in [0, 0.1) is 10.8 Å². The van der Waals surface area contributed by atoms with Gasteiger partial charge in [-0.15, -0.1) is 0 Å². The summed E-state index contributed by atoms with van der Waals surface area (Å²) in [5.74, 6) is -1.94. The summed E-state index contributed by atoms with van der Waals surface area (Å²) in [4.78, 5) is 38.4. The van der Waals surface area contributed by atoms with Gasteiger partial charge in [0.15, 0.2) is 23.1 Å². The fourth-order valence-electron chi connectivity index (χ4n) is 3.79. The van der Waals surface area contributed by atoms with Crippen LogP contribution in [0.4, 0.5) is 0 Å². The van der Waals surface area contributed by atoms with E-state index in [1.807, 2.05) is 13.8 Å². The van der Waals surface area contributed by atoms with E-state index in [9.17, 15) is 19.5 Å². The Labute approximate surface area is 178 Å². The molecule has 0 aliphatic heterocycles. The van der Waals surface area contributed by atoms with Crippen LogP contribution in [0.2, 0.25) is 0 Å². The minimum atomic E-state index is -0.813. The number of ketones is 2. The van der Waals surface area contributed by atoms with Gasteiger partial charge in [0.05, 0.1) is 11.0 Å². The van der Waals surface area contributed by atoms with Crippen molar-refractivity contribution in [3.63, 3.8) is 0 Å². The number of carbonyl (C=O) groups excluding carboxylic acids is 3. The zero-order valence-electron chi connectivity index (χ0n) is 16.8. The van der Waals surface area contributed by atoms with Gasteiger partial charge in [0.1, 0.15) is 0 Å². The lowest BCUT2D eigenvalue weighted by Gasteiger charge is -2.32. The summed E-state index contributed by atoms with van der Waals surface area (Å²) in [5.41, 5.74) is -0.447. The number of benzene rings is 2. The van der Waals surface area contributed by atoms with Crippen LogP contribution in [0.5, 0.6) is 11.5 Å². The van der Waals surface area contributed by atoms with Crippen LogP contribution >= 0.6 is 15.9 Å². The predicted molar refractivity (Wildman–Crippen MR) is 113 cm³/mol. The molecule has 152 valence electrons. The Morgan fingerprint density at radius 1 is 0.966 bits per heavy atom. The third kappa shape index (κ3) is 3.86. The van der Waals surface area contributed by atoms with Crippen LogP contribution in [0.15, 0.2) is 36.4 Å². The van der Waals surface area contributed by atoms with Crippen molar-refractivity contribution in [2.75, 3.05) is 5.33 Å². The highest BCUT2D eigenvalue weighted by atomic mass is 79.9. The molecule has 0 radical (unpaired) electrons. The van der Waals surface area contributed by atoms with Crippen molar-refractivity contribution >= 4 is 33.5 Å². The van der Waals surface area contributed by atoms with Gasteiger partial charge >= 0.3 is 5.97 Å². The van der Waals surface area contributed by atoms with E-state index in [1.165, 1.54) is 12.1 Å². The average molecular weight is 459 g/mol. The van der Waals surface area contributed by atoms with E-state index in [-0.39, 0.29) is 33.6 Å². The molecule has 0 amide bonds. The van der Waals surface area contributed by atoms with Crippen molar-refractivity contribution in [3.8, 4) is 11.5 Å². The predicted octanol–water partition coefficient (Wildman–Crippen LogP) is 4.91. The molecule has 0 fully saturated rings. The minimum absolute atomic E-state index is 0.102. The number of rotatable bonds is 5. The van der Waals surface area contributed by atoms with Gasteiger partial charge in [-0.3, -0.25) is 14.4 Å². The van der Waals surface area contributed by atoms with Gasteiger partial charge < -0.3 is 9.84 Å². The van der Waals surface area contributed by atoms with E-state index in [4.69, 9.17) is 4.74 Å². The van der Waals surface area contributed by atoms with Crippen LogP contribution < -0.4 is 4.74 Å². The summed E-state index contributed by atoms with van der Waals surface area (Å²) >= 11 is 3.46. The van der Waals surface area contributed by atoms with E-state index in [0.717, 1.165) is 5.33 Å². The van der Waals surface area contributed by atoms with Crippen molar-refractivity contribution < 1.29 is 24.2 Å². The topological polar surface area (TPSA) is 80.7 Å². The van der Waals surface area contributed by atoms with Gasteiger partial charge in [0.25, 0.3) is 0 Å². The number of ether oxygens (including phenoxy) is 1. The number of alkyl halides is 1. The van der Waals surface area contributed by atoms with Crippen LogP contribution in [-0.2, 0) is 4.79 Å². The Kier molecular flexibility index (Phi) is 5.43. The van der Waals surface area contributed by atoms with E-state index < -0.39 is 22.9 Å². The van der Waals surface area contributed by atoms with Gasteiger partial charge in [-0.25, -0.2) is 0 Å². The average Bonchev–Trinajstić information content (AvgIpc) is 2.66. The summed E-state index contributed by atoms with van der Waals surface area (Å²) in [6.45, 7) is 7.63. The normalized spacial score (nSPS) is 13.7.